The lowest BCUT2D eigenvalue weighted by atomic mass is 9.91. The smallest absolute Gasteiger partial charge is 0.409 e. The molecule has 4 heteroatoms. The molecule has 3 unspecified atom stereocenters. The van der Waals surface area contributed by atoms with Crippen molar-refractivity contribution in [3.8, 4) is 0 Å². The monoisotopic (exact) mass is 265 g/mol. The van der Waals surface area contributed by atoms with Gasteiger partial charge in [-0.2, -0.15) is 0 Å². The molecule has 3 atom stereocenters. The molecule has 98 valence electrons. The van der Waals surface area contributed by atoms with Crippen molar-refractivity contribution < 1.29 is 9.53 Å². The lowest BCUT2D eigenvalue weighted by Crippen LogP contribution is -2.30. The maximum Gasteiger partial charge on any atom is 0.409 e. The Morgan fingerprint density at radius 2 is 2.33 bits per heavy atom. The molecular weight excluding hydrogens is 246 g/mol. The molecule has 2 aliphatic rings. The van der Waals surface area contributed by atoms with E-state index in [4.69, 9.17) is 4.74 Å². The van der Waals surface area contributed by atoms with E-state index in [0.29, 0.717) is 24.4 Å². The van der Waals surface area contributed by atoms with Crippen LogP contribution < -0.4 is 0 Å². The molecule has 1 aromatic rings. The SMILES string of the molecule is CCOC(=O)N1CC2c3sc(C)cc3C(C)C2C1. The van der Waals surface area contributed by atoms with E-state index in [0.717, 1.165) is 13.1 Å². The molecular formula is C14H19NO2S. The van der Waals surface area contributed by atoms with Crippen LogP contribution in [0.15, 0.2) is 6.07 Å². The second-order valence-electron chi connectivity index (χ2n) is 5.34. The van der Waals surface area contributed by atoms with Gasteiger partial charge in [0.15, 0.2) is 0 Å². The Morgan fingerprint density at radius 1 is 1.56 bits per heavy atom. The average molecular weight is 265 g/mol. The van der Waals surface area contributed by atoms with Crippen LogP contribution in [0.2, 0.25) is 0 Å². The van der Waals surface area contributed by atoms with Gasteiger partial charge in [-0.15, -0.1) is 11.3 Å². The van der Waals surface area contributed by atoms with Crippen LogP contribution in [0.1, 0.15) is 41.0 Å². The Hall–Kier alpha value is -1.03. The fraction of sp³-hybridized carbons (Fsp3) is 0.643. The highest BCUT2D eigenvalue weighted by Gasteiger charge is 2.46. The van der Waals surface area contributed by atoms with Crippen LogP contribution in [-0.2, 0) is 4.74 Å². The van der Waals surface area contributed by atoms with Crippen LogP contribution >= 0.6 is 11.3 Å². The summed E-state index contributed by atoms with van der Waals surface area (Å²) in [6.07, 6.45) is -0.145. The number of amides is 1. The predicted molar refractivity (Wildman–Crippen MR) is 72.3 cm³/mol. The molecule has 3 nitrogen and oxygen atoms in total. The number of carbonyl (C=O) groups is 1. The van der Waals surface area contributed by atoms with Crippen LogP contribution in [0.4, 0.5) is 4.79 Å². The van der Waals surface area contributed by atoms with E-state index in [1.165, 1.54) is 15.3 Å². The zero-order chi connectivity index (χ0) is 12.9. The predicted octanol–water partition coefficient (Wildman–Crippen LogP) is 3.35. The van der Waals surface area contributed by atoms with Gasteiger partial charge in [0.25, 0.3) is 0 Å². The molecule has 1 fully saturated rings. The van der Waals surface area contributed by atoms with Crippen LogP contribution in [-0.4, -0.2) is 30.7 Å². The van der Waals surface area contributed by atoms with E-state index < -0.39 is 0 Å². The third-order valence-corrected chi connectivity index (χ3v) is 5.47. The molecule has 0 radical (unpaired) electrons. The Bertz CT molecular complexity index is 482. The van der Waals surface area contributed by atoms with Crippen molar-refractivity contribution in [2.75, 3.05) is 19.7 Å². The summed E-state index contributed by atoms with van der Waals surface area (Å²) < 4.78 is 5.11. The molecule has 1 aromatic heterocycles. The van der Waals surface area contributed by atoms with Crippen molar-refractivity contribution in [1.29, 1.82) is 0 Å². The second kappa shape index (κ2) is 4.26. The van der Waals surface area contributed by atoms with Crippen LogP contribution in [0.5, 0.6) is 0 Å². The largest absolute Gasteiger partial charge is 0.450 e. The van der Waals surface area contributed by atoms with Gasteiger partial charge in [0.05, 0.1) is 6.61 Å². The Labute approximate surface area is 112 Å². The first kappa shape index (κ1) is 12.0. The highest BCUT2D eigenvalue weighted by Crippen LogP contribution is 2.53. The average Bonchev–Trinajstić information content (AvgIpc) is 2.95. The van der Waals surface area contributed by atoms with Crippen molar-refractivity contribution in [1.82, 2.24) is 4.90 Å². The molecule has 0 saturated carbocycles. The molecule has 1 saturated heterocycles. The zero-order valence-corrected chi connectivity index (χ0v) is 11.9. The van der Waals surface area contributed by atoms with E-state index in [1.807, 2.05) is 23.2 Å². The maximum atomic E-state index is 11.8. The number of likely N-dealkylation sites (tertiary alicyclic amines) is 1. The van der Waals surface area contributed by atoms with Gasteiger partial charge in [0, 0.05) is 28.8 Å². The van der Waals surface area contributed by atoms with Crippen molar-refractivity contribution in [2.45, 2.75) is 32.6 Å². The molecule has 1 aliphatic carbocycles. The van der Waals surface area contributed by atoms with E-state index in [-0.39, 0.29) is 6.09 Å². The minimum atomic E-state index is -0.145. The van der Waals surface area contributed by atoms with Crippen LogP contribution in [0, 0.1) is 12.8 Å². The number of hydrogen-bond donors (Lipinski definition) is 0. The molecule has 1 amide bonds. The number of fused-ring (bicyclic) bond motifs is 3. The minimum absolute atomic E-state index is 0.145. The quantitative estimate of drug-likeness (QED) is 0.779. The minimum Gasteiger partial charge on any atom is -0.450 e. The molecule has 0 bridgehead atoms. The maximum absolute atomic E-state index is 11.8. The number of aryl methyl sites for hydroxylation is 1. The van der Waals surface area contributed by atoms with Crippen molar-refractivity contribution in [3.63, 3.8) is 0 Å². The number of thiophene rings is 1. The number of rotatable bonds is 1. The summed E-state index contributed by atoms with van der Waals surface area (Å²) in [6, 6.07) is 2.33. The third-order valence-electron chi connectivity index (χ3n) is 4.27. The first-order valence-electron chi connectivity index (χ1n) is 6.63. The second-order valence-corrected chi connectivity index (χ2v) is 6.63. The summed E-state index contributed by atoms with van der Waals surface area (Å²) in [4.78, 5) is 16.6. The van der Waals surface area contributed by atoms with E-state index >= 15 is 0 Å². The number of carbonyl (C=O) groups excluding carboxylic acids is 1. The summed E-state index contributed by atoms with van der Waals surface area (Å²) >= 11 is 1.91. The van der Waals surface area contributed by atoms with Gasteiger partial charge in [-0.05, 0) is 37.3 Å². The topological polar surface area (TPSA) is 29.5 Å². The lowest BCUT2D eigenvalue weighted by Gasteiger charge is -2.18. The molecule has 0 N–H and O–H groups in total. The van der Waals surface area contributed by atoms with Crippen LogP contribution in [0.3, 0.4) is 0 Å². The normalized spacial score (nSPS) is 29.3. The van der Waals surface area contributed by atoms with Crippen LogP contribution in [0.25, 0.3) is 0 Å². The first-order valence-corrected chi connectivity index (χ1v) is 7.45. The number of ether oxygens (including phenoxy) is 1. The fourth-order valence-corrected chi connectivity index (χ4v) is 4.70. The van der Waals surface area contributed by atoms with Gasteiger partial charge in [-0.1, -0.05) is 6.92 Å². The Morgan fingerprint density at radius 3 is 3.06 bits per heavy atom. The molecule has 2 heterocycles. The summed E-state index contributed by atoms with van der Waals surface area (Å²) in [5.41, 5.74) is 1.52. The summed E-state index contributed by atoms with van der Waals surface area (Å²) in [7, 11) is 0. The number of nitrogens with zero attached hydrogens (tertiary/aromatic N) is 1. The first-order chi connectivity index (χ1) is 8.61. The van der Waals surface area contributed by atoms with Gasteiger partial charge in [-0.3, -0.25) is 0 Å². The van der Waals surface area contributed by atoms with Gasteiger partial charge in [0.1, 0.15) is 0 Å². The number of hydrogen-bond acceptors (Lipinski definition) is 3. The van der Waals surface area contributed by atoms with Gasteiger partial charge < -0.3 is 9.64 Å². The highest BCUT2D eigenvalue weighted by atomic mass is 32.1. The molecule has 0 aromatic carbocycles. The van der Waals surface area contributed by atoms with E-state index in [2.05, 4.69) is 19.9 Å². The molecule has 3 rings (SSSR count). The molecule has 18 heavy (non-hydrogen) atoms. The van der Waals surface area contributed by atoms with Crippen molar-refractivity contribution in [2.24, 2.45) is 5.92 Å². The lowest BCUT2D eigenvalue weighted by molar-refractivity contribution is 0.113. The fourth-order valence-electron chi connectivity index (χ4n) is 3.41. The van der Waals surface area contributed by atoms with Crippen molar-refractivity contribution >= 4 is 17.4 Å². The van der Waals surface area contributed by atoms with Gasteiger partial charge in [0.2, 0.25) is 0 Å². The summed E-state index contributed by atoms with van der Waals surface area (Å²) in [5.74, 6) is 1.71. The zero-order valence-electron chi connectivity index (χ0n) is 11.1. The van der Waals surface area contributed by atoms with E-state index in [9.17, 15) is 4.79 Å². The summed E-state index contributed by atoms with van der Waals surface area (Å²) in [5, 5.41) is 0. The standard InChI is InChI=1S/C14H19NO2S/c1-4-17-14(16)15-6-11-9(3)10-5-8(2)18-13(10)12(11)7-15/h5,9,11-12H,4,6-7H2,1-3H3. The highest BCUT2D eigenvalue weighted by molar-refractivity contribution is 7.12. The van der Waals surface area contributed by atoms with Gasteiger partial charge >= 0.3 is 6.09 Å². The molecule has 1 aliphatic heterocycles. The van der Waals surface area contributed by atoms with Gasteiger partial charge in [-0.25, -0.2) is 4.79 Å². The summed E-state index contributed by atoms with van der Waals surface area (Å²) in [6.45, 7) is 8.47. The molecule has 0 spiro atoms. The van der Waals surface area contributed by atoms with Crippen molar-refractivity contribution in [3.05, 3.63) is 21.4 Å². The Kier molecular flexibility index (Phi) is 2.85. The van der Waals surface area contributed by atoms with E-state index in [1.54, 1.807) is 0 Å². The third kappa shape index (κ3) is 1.66. The Balaban J connectivity index is 1.82.